The van der Waals surface area contributed by atoms with Gasteiger partial charge in [0, 0.05) is 11.8 Å². The van der Waals surface area contributed by atoms with Crippen LogP contribution in [0.1, 0.15) is 61.8 Å². The van der Waals surface area contributed by atoms with Gasteiger partial charge in [-0.15, -0.1) is 0 Å². The lowest BCUT2D eigenvalue weighted by molar-refractivity contribution is -0.304. The van der Waals surface area contributed by atoms with Gasteiger partial charge in [0.1, 0.15) is 6.10 Å². The maximum Gasteiger partial charge on any atom is 0.311 e. The summed E-state index contributed by atoms with van der Waals surface area (Å²) in [7, 11) is 0. The molecule has 1 aliphatic heterocycles. The zero-order chi connectivity index (χ0) is 16.4. The fourth-order valence-electron chi connectivity index (χ4n) is 2.62. The molecule has 1 heterocycles. The van der Waals surface area contributed by atoms with E-state index in [1.807, 2.05) is 41.5 Å². The molecular formula is C17H32O4. The van der Waals surface area contributed by atoms with Crippen LogP contribution in [0.3, 0.4) is 0 Å². The quantitative estimate of drug-likeness (QED) is 0.741. The van der Waals surface area contributed by atoms with E-state index in [0.29, 0.717) is 6.61 Å². The van der Waals surface area contributed by atoms with Crippen molar-refractivity contribution < 1.29 is 19.0 Å². The molecule has 0 N–H and O–H groups in total. The van der Waals surface area contributed by atoms with Crippen LogP contribution in [0.25, 0.3) is 0 Å². The van der Waals surface area contributed by atoms with Crippen molar-refractivity contribution in [1.29, 1.82) is 0 Å². The monoisotopic (exact) mass is 300 g/mol. The molecule has 1 saturated heterocycles. The number of ether oxygens (including phenoxy) is 3. The normalized spacial score (nSPS) is 28.8. The fraction of sp³-hybridized carbons (Fsp3) is 0.941. The summed E-state index contributed by atoms with van der Waals surface area (Å²) in [6.07, 6.45) is 0.696. The third-order valence-corrected chi connectivity index (χ3v) is 4.05. The Balaban J connectivity index is 2.78. The van der Waals surface area contributed by atoms with Crippen molar-refractivity contribution in [2.45, 2.75) is 79.8 Å². The Morgan fingerprint density at radius 3 is 2.43 bits per heavy atom. The summed E-state index contributed by atoms with van der Waals surface area (Å²) in [6.45, 7) is 16.4. The van der Waals surface area contributed by atoms with Crippen molar-refractivity contribution >= 4 is 5.97 Å². The predicted octanol–water partition coefficient (Wildman–Crippen LogP) is 3.78. The fourth-order valence-corrected chi connectivity index (χ4v) is 2.62. The van der Waals surface area contributed by atoms with E-state index in [9.17, 15) is 4.79 Å². The van der Waals surface area contributed by atoms with E-state index < -0.39 is 11.2 Å². The molecule has 21 heavy (non-hydrogen) atoms. The lowest BCUT2D eigenvalue weighted by Gasteiger charge is -2.44. The molecule has 0 radical (unpaired) electrons. The van der Waals surface area contributed by atoms with Crippen LogP contribution in [0.4, 0.5) is 0 Å². The highest BCUT2D eigenvalue weighted by molar-refractivity contribution is 5.75. The minimum absolute atomic E-state index is 0.0338. The summed E-state index contributed by atoms with van der Waals surface area (Å²) in [4.78, 5) is 12.1. The Bertz CT molecular complexity index is 356. The van der Waals surface area contributed by atoms with Crippen LogP contribution in [-0.4, -0.2) is 30.6 Å². The predicted molar refractivity (Wildman–Crippen MR) is 82.9 cm³/mol. The first-order chi connectivity index (χ1) is 9.48. The molecule has 1 fully saturated rings. The van der Waals surface area contributed by atoms with Gasteiger partial charge in [-0.05, 0) is 41.0 Å². The second-order valence-electron chi connectivity index (χ2n) is 7.73. The summed E-state index contributed by atoms with van der Waals surface area (Å²) in [5.41, 5.74) is -0.478. The Labute approximate surface area is 129 Å². The van der Waals surface area contributed by atoms with E-state index in [2.05, 4.69) is 13.8 Å². The third kappa shape index (κ3) is 4.96. The molecular weight excluding hydrogens is 268 g/mol. The second kappa shape index (κ2) is 6.66. The molecule has 0 aliphatic carbocycles. The van der Waals surface area contributed by atoms with Crippen molar-refractivity contribution in [3.63, 3.8) is 0 Å². The molecule has 0 unspecified atom stereocenters. The molecule has 1 rings (SSSR count). The molecule has 4 atom stereocenters. The Hall–Kier alpha value is -0.610. The van der Waals surface area contributed by atoms with Gasteiger partial charge >= 0.3 is 5.97 Å². The Morgan fingerprint density at radius 1 is 1.38 bits per heavy atom. The molecule has 0 aromatic carbocycles. The highest BCUT2D eigenvalue weighted by atomic mass is 16.7. The smallest absolute Gasteiger partial charge is 0.311 e. The summed E-state index contributed by atoms with van der Waals surface area (Å²) in [5, 5.41) is 0. The van der Waals surface area contributed by atoms with Crippen LogP contribution in [0, 0.1) is 17.3 Å². The number of rotatable bonds is 4. The number of hydrogen-bond donors (Lipinski definition) is 0. The molecule has 0 amide bonds. The van der Waals surface area contributed by atoms with Crippen molar-refractivity contribution in [3.8, 4) is 0 Å². The number of esters is 1. The highest BCUT2D eigenvalue weighted by Gasteiger charge is 2.41. The maximum absolute atomic E-state index is 12.1. The Kier molecular flexibility index (Phi) is 5.84. The minimum atomic E-state index is -0.572. The first-order valence-electron chi connectivity index (χ1n) is 8.00. The number of carbonyl (C=O) groups excluding carboxylic acids is 1. The van der Waals surface area contributed by atoms with Crippen LogP contribution in [0.15, 0.2) is 0 Å². The van der Waals surface area contributed by atoms with Gasteiger partial charge in [-0.2, -0.15) is 0 Å². The van der Waals surface area contributed by atoms with Gasteiger partial charge in [0.05, 0.1) is 18.1 Å². The first kappa shape index (κ1) is 18.4. The maximum atomic E-state index is 12.1. The second-order valence-corrected chi connectivity index (χ2v) is 7.73. The summed E-state index contributed by atoms with van der Waals surface area (Å²) in [5.74, 6) is -0.298. The molecule has 0 bridgehead atoms. The zero-order valence-electron chi connectivity index (χ0n) is 14.9. The van der Waals surface area contributed by atoms with Gasteiger partial charge in [-0.25, -0.2) is 0 Å². The third-order valence-electron chi connectivity index (χ3n) is 4.05. The lowest BCUT2D eigenvalue weighted by atomic mass is 9.87. The molecule has 0 spiro atoms. The van der Waals surface area contributed by atoms with E-state index >= 15 is 0 Å². The average molecular weight is 300 g/mol. The van der Waals surface area contributed by atoms with Crippen LogP contribution < -0.4 is 0 Å². The van der Waals surface area contributed by atoms with Gasteiger partial charge in [0.15, 0.2) is 5.79 Å². The molecule has 0 aromatic rings. The first-order valence-corrected chi connectivity index (χ1v) is 8.00. The van der Waals surface area contributed by atoms with Gasteiger partial charge < -0.3 is 14.2 Å². The Morgan fingerprint density at radius 2 is 1.95 bits per heavy atom. The molecule has 0 aromatic heterocycles. The minimum Gasteiger partial charge on any atom is -0.462 e. The topological polar surface area (TPSA) is 44.8 Å². The average Bonchev–Trinajstić information content (AvgIpc) is 2.36. The molecule has 124 valence electrons. The highest BCUT2D eigenvalue weighted by Crippen LogP contribution is 2.33. The van der Waals surface area contributed by atoms with Gasteiger partial charge in [0.25, 0.3) is 0 Å². The van der Waals surface area contributed by atoms with Crippen molar-refractivity contribution in [2.75, 3.05) is 6.61 Å². The van der Waals surface area contributed by atoms with Crippen molar-refractivity contribution in [1.82, 2.24) is 0 Å². The van der Waals surface area contributed by atoms with Crippen LogP contribution >= 0.6 is 0 Å². The molecule has 4 heteroatoms. The van der Waals surface area contributed by atoms with Crippen LogP contribution in [0.5, 0.6) is 0 Å². The van der Waals surface area contributed by atoms with E-state index in [1.165, 1.54) is 0 Å². The lowest BCUT2D eigenvalue weighted by Crippen LogP contribution is -2.50. The van der Waals surface area contributed by atoms with Crippen LogP contribution in [-0.2, 0) is 19.0 Å². The molecule has 1 aliphatic rings. The van der Waals surface area contributed by atoms with Gasteiger partial charge in [-0.3, -0.25) is 4.79 Å². The number of carbonyl (C=O) groups is 1. The summed E-state index contributed by atoms with van der Waals surface area (Å²) >= 11 is 0. The van der Waals surface area contributed by atoms with E-state index in [1.54, 1.807) is 0 Å². The van der Waals surface area contributed by atoms with Crippen molar-refractivity contribution in [3.05, 3.63) is 0 Å². The SMILES string of the molecule is CC[C@@H](OC(=O)C(C)(C)C)[C@@H](C)[C@H]1OC(C)(C)OC[C@@H]1C. The zero-order valence-corrected chi connectivity index (χ0v) is 14.9. The summed E-state index contributed by atoms with van der Waals surface area (Å²) < 4.78 is 17.5. The van der Waals surface area contributed by atoms with Crippen molar-refractivity contribution in [2.24, 2.45) is 17.3 Å². The standard InChI is InChI=1S/C17H32O4/c1-9-13(20-15(18)16(4,5)6)12(3)14-11(2)10-19-17(7,8)21-14/h11-14H,9-10H2,1-8H3/t11-,12+,13+,14-/m0/s1. The largest absolute Gasteiger partial charge is 0.462 e. The van der Waals surface area contributed by atoms with E-state index in [0.717, 1.165) is 6.42 Å². The van der Waals surface area contributed by atoms with Gasteiger partial charge in [0.2, 0.25) is 0 Å². The van der Waals surface area contributed by atoms with Crippen LogP contribution in [0.2, 0.25) is 0 Å². The summed E-state index contributed by atoms with van der Waals surface area (Å²) in [6, 6.07) is 0. The molecule has 4 nitrogen and oxygen atoms in total. The van der Waals surface area contributed by atoms with E-state index in [4.69, 9.17) is 14.2 Å². The molecule has 0 saturated carbocycles. The van der Waals surface area contributed by atoms with Gasteiger partial charge in [-0.1, -0.05) is 20.8 Å². The van der Waals surface area contributed by atoms with E-state index in [-0.39, 0.29) is 30.0 Å². The number of hydrogen-bond acceptors (Lipinski definition) is 4.